The highest BCUT2D eigenvalue weighted by molar-refractivity contribution is 6.00. The maximum absolute atomic E-state index is 13.9. The van der Waals surface area contributed by atoms with Crippen LogP contribution in [0.5, 0.6) is 0 Å². The number of esters is 1. The zero-order valence-corrected chi connectivity index (χ0v) is 25.0. The van der Waals surface area contributed by atoms with Crippen molar-refractivity contribution >= 4 is 34.6 Å². The number of carbonyl (C=O) groups excluding carboxylic acids is 4. The molecule has 2 saturated heterocycles. The van der Waals surface area contributed by atoms with E-state index in [9.17, 15) is 19.2 Å². The Morgan fingerprint density at radius 3 is 2.32 bits per heavy atom. The number of hydrogen-bond donors (Lipinski definition) is 2. The molecule has 44 heavy (non-hydrogen) atoms. The van der Waals surface area contributed by atoms with Crippen LogP contribution >= 0.6 is 0 Å². The van der Waals surface area contributed by atoms with E-state index in [4.69, 9.17) is 4.74 Å². The molecule has 0 spiro atoms. The van der Waals surface area contributed by atoms with Crippen LogP contribution in [-0.4, -0.2) is 86.8 Å². The van der Waals surface area contributed by atoms with Crippen LogP contribution in [0.15, 0.2) is 67.0 Å². The Morgan fingerprint density at radius 2 is 1.70 bits per heavy atom. The second kappa shape index (κ2) is 11.2. The summed E-state index contributed by atoms with van der Waals surface area (Å²) < 4.78 is 4.71. The van der Waals surface area contributed by atoms with Crippen molar-refractivity contribution in [2.45, 2.75) is 45.3 Å². The van der Waals surface area contributed by atoms with Gasteiger partial charge < -0.3 is 24.8 Å². The third kappa shape index (κ3) is 5.41. The first kappa shape index (κ1) is 29.0. The lowest BCUT2D eigenvalue weighted by Crippen LogP contribution is -2.59. The lowest BCUT2D eigenvalue weighted by molar-refractivity contribution is -0.138. The van der Waals surface area contributed by atoms with Crippen LogP contribution < -0.4 is 5.32 Å². The number of ether oxygens (including phenoxy) is 1. The summed E-state index contributed by atoms with van der Waals surface area (Å²) in [7, 11) is 1.31. The van der Waals surface area contributed by atoms with E-state index >= 15 is 0 Å². The first-order valence-corrected chi connectivity index (χ1v) is 14.5. The molecule has 5 heterocycles. The fourth-order valence-corrected chi connectivity index (χ4v) is 6.03. The molecule has 6 rings (SSSR count). The number of aromatic nitrogens is 3. The Morgan fingerprint density at radius 1 is 0.955 bits per heavy atom. The van der Waals surface area contributed by atoms with E-state index in [1.54, 1.807) is 41.4 Å². The number of benzene rings is 1. The summed E-state index contributed by atoms with van der Waals surface area (Å²) in [5, 5.41) is 3.90. The quantitative estimate of drug-likeness (QED) is 0.325. The Kier molecular flexibility index (Phi) is 7.40. The molecule has 11 heteroatoms. The number of para-hydroxylation sites is 1. The number of piperazine rings is 1. The van der Waals surface area contributed by atoms with Crippen LogP contribution in [-0.2, 0) is 9.53 Å². The molecule has 11 nitrogen and oxygen atoms in total. The van der Waals surface area contributed by atoms with Crippen molar-refractivity contribution in [1.82, 2.24) is 30.1 Å². The number of methoxy groups -OCH3 is 1. The zero-order valence-electron chi connectivity index (χ0n) is 25.0. The number of likely N-dealkylation sites (tertiary alicyclic amines) is 2. The fourth-order valence-electron chi connectivity index (χ4n) is 6.03. The number of rotatable bonds is 6. The van der Waals surface area contributed by atoms with E-state index in [1.165, 1.54) is 13.3 Å². The van der Waals surface area contributed by atoms with Crippen LogP contribution in [0.3, 0.4) is 0 Å². The molecule has 2 bridgehead atoms. The number of H-pyrrole nitrogens is 1. The predicted octanol–water partition coefficient (Wildman–Crippen LogP) is 3.68. The lowest BCUT2D eigenvalue weighted by atomic mass is 9.85. The van der Waals surface area contributed by atoms with Gasteiger partial charge in [0.15, 0.2) is 0 Å². The van der Waals surface area contributed by atoms with E-state index in [2.05, 4.69) is 20.3 Å². The summed E-state index contributed by atoms with van der Waals surface area (Å²) in [5.74, 6) is -1.13. The third-order valence-electron chi connectivity index (χ3n) is 8.41. The maximum Gasteiger partial charge on any atom is 0.339 e. The predicted molar refractivity (Wildman–Crippen MR) is 163 cm³/mol. The van der Waals surface area contributed by atoms with E-state index in [1.807, 2.05) is 49.9 Å². The van der Waals surface area contributed by atoms with E-state index in [0.29, 0.717) is 47.7 Å². The molecule has 226 valence electrons. The molecular weight excluding hydrogens is 560 g/mol. The van der Waals surface area contributed by atoms with Crippen molar-refractivity contribution in [2.24, 2.45) is 5.41 Å². The summed E-state index contributed by atoms with van der Waals surface area (Å²) in [6.07, 6.45) is 3.70. The number of hydrogen-bond acceptors (Lipinski definition) is 7. The minimum Gasteiger partial charge on any atom is -0.465 e. The second-order valence-electron chi connectivity index (χ2n) is 12.4. The van der Waals surface area contributed by atoms with Gasteiger partial charge in [-0.25, -0.2) is 4.79 Å². The summed E-state index contributed by atoms with van der Waals surface area (Å²) in [6.45, 7) is 6.61. The van der Waals surface area contributed by atoms with Crippen molar-refractivity contribution in [3.8, 4) is 11.3 Å². The van der Waals surface area contributed by atoms with Crippen LogP contribution in [0.4, 0.5) is 0 Å². The molecule has 2 N–H and O–H groups in total. The van der Waals surface area contributed by atoms with E-state index in [-0.39, 0.29) is 29.8 Å². The lowest BCUT2D eigenvalue weighted by Gasteiger charge is -2.39. The van der Waals surface area contributed by atoms with Crippen molar-refractivity contribution in [3.63, 3.8) is 0 Å². The van der Waals surface area contributed by atoms with Crippen LogP contribution in [0.1, 0.15) is 58.5 Å². The Labute approximate surface area is 254 Å². The average molecular weight is 595 g/mol. The average Bonchev–Trinajstić information content (AvgIpc) is 3.77. The highest BCUT2D eigenvalue weighted by Gasteiger charge is 2.50. The monoisotopic (exact) mass is 594 g/mol. The highest BCUT2D eigenvalue weighted by Crippen LogP contribution is 2.34. The summed E-state index contributed by atoms with van der Waals surface area (Å²) in [6, 6.07) is 15.2. The molecule has 1 unspecified atom stereocenters. The number of amides is 3. The number of aromatic amines is 1. The molecule has 1 aromatic carbocycles. The molecule has 2 aliphatic rings. The normalized spacial score (nSPS) is 18.4. The van der Waals surface area contributed by atoms with Gasteiger partial charge in [-0.15, -0.1) is 0 Å². The van der Waals surface area contributed by atoms with Crippen LogP contribution in [0.25, 0.3) is 22.2 Å². The number of nitrogens with one attached hydrogen (secondary N) is 2. The van der Waals surface area contributed by atoms with Crippen LogP contribution in [0, 0.1) is 5.41 Å². The minimum atomic E-state index is -0.741. The van der Waals surface area contributed by atoms with Crippen molar-refractivity contribution < 1.29 is 23.9 Å². The molecular formula is C33H34N6O5. The number of pyridine rings is 2. The Hall–Kier alpha value is -5.06. The van der Waals surface area contributed by atoms with Gasteiger partial charge >= 0.3 is 5.97 Å². The van der Waals surface area contributed by atoms with Gasteiger partial charge in [0.05, 0.1) is 30.5 Å². The molecule has 3 amide bonds. The van der Waals surface area contributed by atoms with E-state index in [0.717, 1.165) is 10.9 Å². The number of carbonyl (C=O) groups is 4. The summed E-state index contributed by atoms with van der Waals surface area (Å²) >= 11 is 0. The van der Waals surface area contributed by atoms with Gasteiger partial charge in [0.25, 0.3) is 11.8 Å². The molecule has 2 aliphatic heterocycles. The molecule has 0 saturated carbocycles. The molecule has 2 fully saturated rings. The van der Waals surface area contributed by atoms with Gasteiger partial charge in [0.1, 0.15) is 17.4 Å². The van der Waals surface area contributed by atoms with Crippen molar-refractivity contribution in [3.05, 3.63) is 83.9 Å². The van der Waals surface area contributed by atoms with Gasteiger partial charge in [-0.1, -0.05) is 39.0 Å². The number of nitrogens with zero attached hydrogens (tertiary/aromatic N) is 4. The second-order valence-corrected chi connectivity index (χ2v) is 12.4. The van der Waals surface area contributed by atoms with Crippen LogP contribution in [0.2, 0.25) is 0 Å². The van der Waals surface area contributed by atoms with Crippen molar-refractivity contribution in [2.75, 3.05) is 20.2 Å². The maximum atomic E-state index is 13.9. The highest BCUT2D eigenvalue weighted by atomic mass is 16.5. The van der Waals surface area contributed by atoms with Gasteiger partial charge in [-0.05, 0) is 48.2 Å². The molecule has 0 aliphatic carbocycles. The molecule has 3 aromatic heterocycles. The first-order chi connectivity index (χ1) is 21.0. The molecule has 4 aromatic rings. The fraction of sp³-hybridized carbons (Fsp3) is 0.333. The standard InChI is InChI=1S/C33H34N6O5/c1-33(2,3)28(37-29(40)27-13-19-7-5-6-8-25(19)36-27)31(42)39-18-22-14-23(39)17-38(22)30(41)26-12-9-20(15-35-26)24-11-10-21(16-34-24)32(43)44-4/h5-13,15-16,22-23,28,36H,14,17-18H2,1-4H3,(H,37,40)/t22-,23-,28?/m0/s1. The Balaban J connectivity index is 1.11. The van der Waals surface area contributed by atoms with Gasteiger partial charge in [-0.3, -0.25) is 24.4 Å². The number of fused-ring (bicyclic) bond motifs is 3. The van der Waals surface area contributed by atoms with Gasteiger partial charge in [0.2, 0.25) is 5.91 Å². The zero-order chi connectivity index (χ0) is 31.2. The molecule has 3 atom stereocenters. The topological polar surface area (TPSA) is 138 Å². The SMILES string of the molecule is COC(=O)c1ccc(-c2ccc(C(=O)N3C[C@@H]4C[C@H]3CN4C(=O)C(NC(=O)c3cc4ccccc4[nH]3)C(C)(C)C)nc2)nc1. The Bertz CT molecular complexity index is 1710. The first-order valence-electron chi connectivity index (χ1n) is 14.5. The largest absolute Gasteiger partial charge is 0.465 e. The van der Waals surface area contributed by atoms with Gasteiger partial charge in [-0.2, -0.15) is 0 Å². The van der Waals surface area contributed by atoms with Gasteiger partial charge in [0, 0.05) is 41.9 Å². The summed E-state index contributed by atoms with van der Waals surface area (Å²) in [5.41, 5.74) is 2.70. The smallest absolute Gasteiger partial charge is 0.339 e. The van der Waals surface area contributed by atoms with E-state index < -0.39 is 17.4 Å². The summed E-state index contributed by atoms with van der Waals surface area (Å²) in [4.78, 5) is 67.6. The third-order valence-corrected chi connectivity index (χ3v) is 8.41. The minimum absolute atomic E-state index is 0.129. The molecule has 0 radical (unpaired) electrons. The van der Waals surface area contributed by atoms with Crippen molar-refractivity contribution in [1.29, 1.82) is 0 Å².